The minimum Gasteiger partial charge on any atom is -0.469 e. The lowest BCUT2D eigenvalue weighted by Gasteiger charge is -2.13. The maximum Gasteiger partial charge on any atom is 0.358 e. The Balaban J connectivity index is 2.44. The van der Waals surface area contributed by atoms with E-state index in [0.29, 0.717) is 0 Å². The summed E-state index contributed by atoms with van der Waals surface area (Å²) in [6.45, 7) is 6.91. The van der Waals surface area contributed by atoms with E-state index in [1.165, 1.54) is 35.9 Å². The van der Waals surface area contributed by atoms with Crippen LogP contribution in [0.5, 0.6) is 0 Å². The molecule has 1 fully saturated rings. The Morgan fingerprint density at radius 2 is 2.14 bits per heavy atom. The van der Waals surface area contributed by atoms with Gasteiger partial charge in [-0.1, -0.05) is 17.8 Å². The fourth-order valence-electron chi connectivity index (χ4n) is 2.57. The predicted molar refractivity (Wildman–Crippen MR) is 106 cm³/mol. The number of amidine groups is 1. The van der Waals surface area contributed by atoms with Crippen LogP contribution in [-0.4, -0.2) is 68.8 Å². The first-order valence-corrected chi connectivity index (χ1v) is 9.66. The summed E-state index contributed by atoms with van der Waals surface area (Å²) in [4.78, 5) is 57.9. The summed E-state index contributed by atoms with van der Waals surface area (Å²) < 4.78 is 11.0. The van der Waals surface area contributed by atoms with Crippen LogP contribution in [0.3, 0.4) is 0 Å². The van der Waals surface area contributed by atoms with Gasteiger partial charge in [-0.3, -0.25) is 19.3 Å². The zero-order valence-electron chi connectivity index (χ0n) is 16.4. The Hall–Kier alpha value is -2.95. The van der Waals surface area contributed by atoms with Gasteiger partial charge in [-0.05, 0) is 13.8 Å². The number of ether oxygens (including phenoxy) is 2. The molecule has 1 aromatic heterocycles. The van der Waals surface area contributed by atoms with Crippen LogP contribution in [0.15, 0.2) is 24.0 Å². The van der Waals surface area contributed by atoms with Gasteiger partial charge in [-0.15, -0.1) is 6.58 Å². The quantitative estimate of drug-likeness (QED) is 0.432. The lowest BCUT2D eigenvalue weighted by molar-refractivity contribution is -0.142. The van der Waals surface area contributed by atoms with E-state index in [1.807, 2.05) is 0 Å². The van der Waals surface area contributed by atoms with Crippen molar-refractivity contribution < 1.29 is 28.7 Å². The molecule has 10 nitrogen and oxygen atoms in total. The van der Waals surface area contributed by atoms with E-state index in [1.54, 1.807) is 6.92 Å². The first-order valence-electron chi connectivity index (χ1n) is 8.78. The monoisotopic (exact) mass is 422 g/mol. The third-order valence-electron chi connectivity index (χ3n) is 3.79. The minimum atomic E-state index is -0.702. The molecule has 11 heteroatoms. The third kappa shape index (κ3) is 5.31. The summed E-state index contributed by atoms with van der Waals surface area (Å²) in [7, 11) is 1.25. The molecule has 0 aliphatic carbocycles. The number of hydrogen-bond donors (Lipinski definition) is 0. The van der Waals surface area contributed by atoms with Gasteiger partial charge in [0, 0.05) is 6.54 Å². The van der Waals surface area contributed by atoms with Crippen LogP contribution in [0, 0.1) is 0 Å². The van der Waals surface area contributed by atoms with E-state index >= 15 is 0 Å². The Kier molecular flexibility index (Phi) is 7.71. The van der Waals surface area contributed by atoms with Crippen molar-refractivity contribution in [3.63, 3.8) is 0 Å². The molecule has 1 saturated heterocycles. The topological polar surface area (TPSA) is 120 Å². The average molecular weight is 422 g/mol. The van der Waals surface area contributed by atoms with E-state index in [-0.39, 0.29) is 54.5 Å². The van der Waals surface area contributed by atoms with Gasteiger partial charge >= 0.3 is 11.9 Å². The van der Waals surface area contributed by atoms with Crippen LogP contribution in [-0.2, 0) is 30.4 Å². The number of carbonyl (C=O) groups excluding carboxylic acids is 4. The molecule has 1 amide bonds. The number of hydrogen-bond acceptors (Lipinski definition) is 9. The first-order chi connectivity index (χ1) is 13.8. The molecule has 0 bridgehead atoms. The number of Topliss-reactive ketones (excluding diaryl/α,β-unsaturated/α-hetero) is 1. The molecule has 1 unspecified atom stereocenters. The number of nitrogens with zero attached hydrogens (tertiary/aromatic N) is 4. The number of rotatable bonds is 9. The van der Waals surface area contributed by atoms with Crippen molar-refractivity contribution >= 4 is 46.4 Å². The van der Waals surface area contributed by atoms with Crippen molar-refractivity contribution in [2.24, 2.45) is 4.99 Å². The van der Waals surface area contributed by atoms with Crippen molar-refractivity contribution in [2.45, 2.75) is 32.1 Å². The number of esters is 2. The third-order valence-corrected chi connectivity index (χ3v) is 4.97. The zero-order chi connectivity index (χ0) is 21.6. The Morgan fingerprint density at radius 1 is 1.41 bits per heavy atom. The highest BCUT2D eigenvalue weighted by atomic mass is 32.2. The second-order valence-electron chi connectivity index (χ2n) is 5.99. The van der Waals surface area contributed by atoms with Gasteiger partial charge in [0.1, 0.15) is 11.0 Å². The van der Waals surface area contributed by atoms with E-state index in [2.05, 4.69) is 21.3 Å². The number of aliphatic imine (C=N–C) groups is 1. The van der Waals surface area contributed by atoms with Gasteiger partial charge in [0.2, 0.25) is 5.91 Å². The standard InChI is InChI=1S/C18H22N4O6S/c1-5-7-22-16(25)12(8-13(24)27-4)29-18(22)20-15-14(17(26)28-6-2)21(10-19-15)9-11(3)23/h5,10,12H,1,6-9H2,2-4H3. The van der Waals surface area contributed by atoms with Gasteiger partial charge in [0.15, 0.2) is 16.7 Å². The van der Waals surface area contributed by atoms with Gasteiger partial charge in [0.05, 0.1) is 33.0 Å². The van der Waals surface area contributed by atoms with E-state index < -0.39 is 17.2 Å². The van der Waals surface area contributed by atoms with Crippen LogP contribution in [0.2, 0.25) is 0 Å². The van der Waals surface area contributed by atoms with Crippen LogP contribution < -0.4 is 0 Å². The normalized spacial score (nSPS) is 17.5. The van der Waals surface area contributed by atoms with E-state index in [0.717, 1.165) is 11.8 Å². The number of imidazole rings is 1. The highest BCUT2D eigenvalue weighted by Gasteiger charge is 2.39. The number of methoxy groups -OCH3 is 1. The molecular formula is C18H22N4O6S. The number of thioether (sulfide) groups is 1. The molecule has 1 atom stereocenters. The molecule has 1 aliphatic rings. The number of aromatic nitrogens is 2. The van der Waals surface area contributed by atoms with Gasteiger partial charge in [-0.2, -0.15) is 0 Å². The second kappa shape index (κ2) is 10.0. The summed E-state index contributed by atoms with van der Waals surface area (Å²) in [6.07, 6.45) is 2.73. The van der Waals surface area contributed by atoms with Crippen molar-refractivity contribution in [3.05, 3.63) is 24.7 Å². The van der Waals surface area contributed by atoms with Crippen molar-refractivity contribution in [3.8, 4) is 0 Å². The van der Waals surface area contributed by atoms with Crippen LogP contribution in [0.1, 0.15) is 30.8 Å². The summed E-state index contributed by atoms with van der Waals surface area (Å²) >= 11 is 1.07. The lowest BCUT2D eigenvalue weighted by Crippen LogP contribution is -2.33. The van der Waals surface area contributed by atoms with Crippen molar-refractivity contribution in [1.29, 1.82) is 0 Å². The molecule has 0 N–H and O–H groups in total. The fourth-order valence-corrected chi connectivity index (χ4v) is 3.70. The van der Waals surface area contributed by atoms with Crippen LogP contribution >= 0.6 is 11.8 Å². The highest BCUT2D eigenvalue weighted by Crippen LogP contribution is 2.32. The molecule has 2 rings (SSSR count). The summed E-state index contributed by atoms with van der Waals surface area (Å²) in [5.74, 6) is -1.67. The molecule has 0 saturated carbocycles. The predicted octanol–water partition coefficient (Wildman–Crippen LogP) is 1.33. The summed E-state index contributed by atoms with van der Waals surface area (Å²) in [5, 5.41) is -0.436. The number of ketones is 1. The van der Waals surface area contributed by atoms with Gasteiger partial charge < -0.3 is 14.0 Å². The molecular weight excluding hydrogens is 400 g/mol. The molecule has 29 heavy (non-hydrogen) atoms. The maximum absolute atomic E-state index is 12.6. The highest BCUT2D eigenvalue weighted by molar-refractivity contribution is 8.15. The molecule has 2 heterocycles. The minimum absolute atomic E-state index is 0.0116. The summed E-state index contributed by atoms with van der Waals surface area (Å²) in [5.41, 5.74) is 0.0116. The molecule has 0 spiro atoms. The van der Waals surface area contributed by atoms with E-state index in [4.69, 9.17) is 4.74 Å². The van der Waals surface area contributed by atoms with Crippen LogP contribution in [0.4, 0.5) is 5.82 Å². The second-order valence-corrected chi connectivity index (χ2v) is 7.16. The molecule has 0 radical (unpaired) electrons. The number of carbonyl (C=O) groups is 4. The van der Waals surface area contributed by atoms with Crippen LogP contribution in [0.25, 0.3) is 0 Å². The Bertz CT molecular complexity index is 863. The Morgan fingerprint density at radius 3 is 2.72 bits per heavy atom. The fraction of sp³-hybridized carbons (Fsp3) is 0.444. The number of amides is 1. The van der Waals surface area contributed by atoms with Gasteiger partial charge in [0.25, 0.3) is 0 Å². The molecule has 156 valence electrons. The van der Waals surface area contributed by atoms with E-state index in [9.17, 15) is 19.2 Å². The van der Waals surface area contributed by atoms with Crippen molar-refractivity contribution in [2.75, 3.05) is 20.3 Å². The molecule has 0 aromatic carbocycles. The first kappa shape index (κ1) is 22.3. The van der Waals surface area contributed by atoms with Crippen molar-refractivity contribution in [1.82, 2.24) is 14.5 Å². The average Bonchev–Trinajstić information content (AvgIpc) is 3.17. The smallest absolute Gasteiger partial charge is 0.358 e. The maximum atomic E-state index is 12.6. The zero-order valence-corrected chi connectivity index (χ0v) is 17.2. The Labute approximate surface area is 172 Å². The molecule has 1 aliphatic heterocycles. The molecule has 1 aromatic rings. The SMILES string of the molecule is C=CCN1C(=O)C(CC(=O)OC)SC1=Nc1ncn(CC(C)=O)c1C(=O)OCC. The lowest BCUT2D eigenvalue weighted by atomic mass is 10.2. The summed E-state index contributed by atoms with van der Waals surface area (Å²) in [6, 6.07) is 0. The largest absolute Gasteiger partial charge is 0.469 e. The van der Waals surface area contributed by atoms with Gasteiger partial charge in [-0.25, -0.2) is 14.8 Å².